The van der Waals surface area contributed by atoms with Crippen molar-refractivity contribution >= 4 is 5.97 Å². The lowest BCUT2D eigenvalue weighted by molar-refractivity contribution is -0.146. The molecule has 1 heterocycles. The van der Waals surface area contributed by atoms with E-state index in [1.165, 1.54) is 25.7 Å². The Morgan fingerprint density at radius 2 is 2.21 bits per heavy atom. The number of hydrogen-bond donors (Lipinski definition) is 1. The predicted octanol–water partition coefficient (Wildman–Crippen LogP) is 1.93. The molecule has 1 aliphatic carbocycles. The first-order chi connectivity index (χ1) is 9.03. The van der Waals surface area contributed by atoms with Gasteiger partial charge < -0.3 is 10.1 Å². The molecule has 1 atom stereocenters. The van der Waals surface area contributed by atoms with Crippen LogP contribution < -0.4 is 5.32 Å². The van der Waals surface area contributed by atoms with Crippen LogP contribution in [0.4, 0.5) is 0 Å². The second kappa shape index (κ2) is 6.23. The highest BCUT2D eigenvalue weighted by Crippen LogP contribution is 2.28. The Morgan fingerprint density at radius 3 is 2.74 bits per heavy atom. The highest BCUT2D eigenvalue weighted by molar-refractivity contribution is 5.75. The van der Waals surface area contributed by atoms with Crippen LogP contribution in [-0.4, -0.2) is 48.2 Å². The lowest BCUT2D eigenvalue weighted by Crippen LogP contribution is -2.45. The standard InChI is InChI=1S/C15H28N2O2/c1-4-19-14(18)13(16-12-6-7-12)8-11-17-10-5-9-15(17,2)3/h12-13,16H,4-11H2,1-3H3. The first-order valence-corrected chi connectivity index (χ1v) is 7.70. The second-order valence-corrected chi connectivity index (χ2v) is 6.44. The van der Waals surface area contributed by atoms with Crippen molar-refractivity contribution in [3.8, 4) is 0 Å². The first-order valence-electron chi connectivity index (χ1n) is 7.70. The maximum atomic E-state index is 12.0. The maximum absolute atomic E-state index is 12.0. The van der Waals surface area contributed by atoms with Gasteiger partial charge in [0.1, 0.15) is 6.04 Å². The zero-order chi connectivity index (χ0) is 13.9. The summed E-state index contributed by atoms with van der Waals surface area (Å²) in [5, 5.41) is 3.43. The fourth-order valence-corrected chi connectivity index (χ4v) is 2.91. The molecule has 0 aromatic heterocycles. The van der Waals surface area contributed by atoms with Crippen molar-refractivity contribution in [2.45, 2.75) is 70.5 Å². The van der Waals surface area contributed by atoms with Gasteiger partial charge in [-0.1, -0.05) is 0 Å². The molecular formula is C15H28N2O2. The molecule has 1 saturated heterocycles. The van der Waals surface area contributed by atoms with Crippen molar-refractivity contribution in [3.05, 3.63) is 0 Å². The van der Waals surface area contributed by atoms with E-state index < -0.39 is 0 Å². The van der Waals surface area contributed by atoms with Crippen molar-refractivity contribution in [1.82, 2.24) is 10.2 Å². The summed E-state index contributed by atoms with van der Waals surface area (Å²) < 4.78 is 5.18. The van der Waals surface area contributed by atoms with E-state index in [9.17, 15) is 4.79 Å². The van der Waals surface area contributed by atoms with Gasteiger partial charge in [0.25, 0.3) is 0 Å². The van der Waals surface area contributed by atoms with E-state index in [1.54, 1.807) is 0 Å². The molecule has 1 aliphatic heterocycles. The summed E-state index contributed by atoms with van der Waals surface area (Å²) in [7, 11) is 0. The van der Waals surface area contributed by atoms with Crippen LogP contribution in [0.3, 0.4) is 0 Å². The topological polar surface area (TPSA) is 41.6 Å². The Balaban J connectivity index is 1.83. The molecule has 1 unspecified atom stereocenters. The number of rotatable bonds is 7. The zero-order valence-electron chi connectivity index (χ0n) is 12.6. The lowest BCUT2D eigenvalue weighted by atomic mass is 10.0. The summed E-state index contributed by atoms with van der Waals surface area (Å²) in [5.41, 5.74) is 0.290. The fraction of sp³-hybridized carbons (Fsp3) is 0.933. The van der Waals surface area contributed by atoms with Gasteiger partial charge in [0, 0.05) is 18.1 Å². The van der Waals surface area contributed by atoms with Gasteiger partial charge in [0.15, 0.2) is 0 Å². The maximum Gasteiger partial charge on any atom is 0.323 e. The minimum atomic E-state index is -0.121. The molecule has 0 spiro atoms. The Labute approximate surface area is 116 Å². The van der Waals surface area contributed by atoms with E-state index in [-0.39, 0.29) is 12.0 Å². The minimum absolute atomic E-state index is 0.0774. The summed E-state index contributed by atoms with van der Waals surface area (Å²) in [5.74, 6) is -0.0774. The van der Waals surface area contributed by atoms with Crippen LogP contribution in [0.5, 0.6) is 0 Å². The number of esters is 1. The molecule has 2 rings (SSSR count). The molecular weight excluding hydrogens is 240 g/mol. The summed E-state index contributed by atoms with van der Waals surface area (Å²) >= 11 is 0. The van der Waals surface area contributed by atoms with Crippen LogP contribution >= 0.6 is 0 Å². The average Bonchev–Trinajstić information content (AvgIpc) is 3.09. The quantitative estimate of drug-likeness (QED) is 0.716. The molecule has 1 saturated carbocycles. The van der Waals surface area contributed by atoms with Crippen LogP contribution in [0.25, 0.3) is 0 Å². The first kappa shape index (κ1) is 14.8. The highest BCUT2D eigenvalue weighted by Gasteiger charge is 2.34. The van der Waals surface area contributed by atoms with Gasteiger partial charge in [-0.15, -0.1) is 0 Å². The third-order valence-electron chi connectivity index (χ3n) is 4.35. The second-order valence-electron chi connectivity index (χ2n) is 6.44. The Hall–Kier alpha value is -0.610. The molecule has 1 N–H and O–H groups in total. The molecule has 2 aliphatic rings. The number of carbonyl (C=O) groups excluding carboxylic acids is 1. The number of nitrogens with one attached hydrogen (secondary N) is 1. The number of hydrogen-bond acceptors (Lipinski definition) is 4. The molecule has 2 fully saturated rings. The van der Waals surface area contributed by atoms with Crippen molar-refractivity contribution < 1.29 is 9.53 Å². The summed E-state index contributed by atoms with van der Waals surface area (Å²) in [6, 6.07) is 0.421. The molecule has 0 radical (unpaired) electrons. The third-order valence-corrected chi connectivity index (χ3v) is 4.35. The van der Waals surface area contributed by atoms with E-state index in [4.69, 9.17) is 4.74 Å². The normalized spacial score (nSPS) is 24.4. The van der Waals surface area contributed by atoms with E-state index >= 15 is 0 Å². The molecule has 0 aromatic rings. The van der Waals surface area contributed by atoms with Crippen LogP contribution in [0.15, 0.2) is 0 Å². The third kappa shape index (κ3) is 4.18. The van der Waals surface area contributed by atoms with E-state index in [2.05, 4.69) is 24.1 Å². The Bertz CT molecular complexity index is 313. The summed E-state index contributed by atoms with van der Waals surface area (Å²) in [6.07, 6.45) is 5.79. The van der Waals surface area contributed by atoms with Gasteiger partial charge in [-0.25, -0.2) is 0 Å². The van der Waals surface area contributed by atoms with Gasteiger partial charge in [0.05, 0.1) is 6.61 Å². The van der Waals surface area contributed by atoms with Crippen LogP contribution in [0.2, 0.25) is 0 Å². The van der Waals surface area contributed by atoms with Crippen molar-refractivity contribution in [3.63, 3.8) is 0 Å². The molecule has 19 heavy (non-hydrogen) atoms. The molecule has 110 valence electrons. The van der Waals surface area contributed by atoms with E-state index in [0.29, 0.717) is 18.2 Å². The Morgan fingerprint density at radius 1 is 1.47 bits per heavy atom. The van der Waals surface area contributed by atoms with Gasteiger partial charge in [0.2, 0.25) is 0 Å². The van der Waals surface area contributed by atoms with Gasteiger partial charge in [-0.2, -0.15) is 0 Å². The molecule has 4 heteroatoms. The average molecular weight is 268 g/mol. The molecule has 0 bridgehead atoms. The SMILES string of the molecule is CCOC(=O)C(CCN1CCCC1(C)C)NC1CC1. The monoisotopic (exact) mass is 268 g/mol. The molecule has 4 nitrogen and oxygen atoms in total. The number of likely N-dealkylation sites (tertiary alicyclic amines) is 1. The molecule has 0 amide bonds. The van der Waals surface area contributed by atoms with E-state index in [0.717, 1.165) is 19.5 Å². The van der Waals surface area contributed by atoms with Crippen LogP contribution in [0.1, 0.15) is 52.9 Å². The van der Waals surface area contributed by atoms with Crippen molar-refractivity contribution in [2.24, 2.45) is 0 Å². The zero-order valence-corrected chi connectivity index (χ0v) is 12.6. The van der Waals surface area contributed by atoms with Crippen molar-refractivity contribution in [1.29, 1.82) is 0 Å². The lowest BCUT2D eigenvalue weighted by Gasteiger charge is -2.32. The summed E-state index contributed by atoms with van der Waals surface area (Å²) in [6.45, 7) is 9.08. The van der Waals surface area contributed by atoms with Gasteiger partial charge in [-0.05, 0) is 59.4 Å². The number of nitrogens with zero attached hydrogens (tertiary/aromatic N) is 1. The van der Waals surface area contributed by atoms with Crippen LogP contribution in [0, 0.1) is 0 Å². The molecule has 0 aromatic carbocycles. The fourth-order valence-electron chi connectivity index (χ4n) is 2.91. The Kier molecular flexibility index (Phi) is 4.85. The number of ether oxygens (including phenoxy) is 1. The highest BCUT2D eigenvalue weighted by atomic mass is 16.5. The van der Waals surface area contributed by atoms with Crippen molar-refractivity contribution in [2.75, 3.05) is 19.7 Å². The minimum Gasteiger partial charge on any atom is -0.465 e. The predicted molar refractivity (Wildman–Crippen MR) is 76.1 cm³/mol. The van der Waals surface area contributed by atoms with Gasteiger partial charge >= 0.3 is 5.97 Å². The van der Waals surface area contributed by atoms with Crippen LogP contribution in [-0.2, 0) is 9.53 Å². The van der Waals surface area contributed by atoms with Gasteiger partial charge in [-0.3, -0.25) is 9.69 Å². The number of carbonyl (C=O) groups is 1. The largest absolute Gasteiger partial charge is 0.465 e. The summed E-state index contributed by atoms with van der Waals surface area (Å²) in [4.78, 5) is 14.5. The smallest absolute Gasteiger partial charge is 0.323 e. The van der Waals surface area contributed by atoms with E-state index in [1.807, 2.05) is 6.92 Å².